The third-order valence-corrected chi connectivity index (χ3v) is 7.73. The zero-order chi connectivity index (χ0) is 19.4. The largest absolute Gasteiger partial charge is 0.309 e. The molecule has 0 aromatic rings. The molecule has 0 bridgehead atoms. The topological polar surface area (TPSA) is 3.24 Å². The van der Waals surface area contributed by atoms with Gasteiger partial charge < -0.3 is 4.90 Å². The van der Waals surface area contributed by atoms with E-state index in [9.17, 15) is 0 Å². The Morgan fingerprint density at radius 1 is 0.885 bits per heavy atom. The molecule has 2 heteroatoms. The monoisotopic (exact) mass is 383 g/mol. The van der Waals surface area contributed by atoms with Gasteiger partial charge in [0.1, 0.15) is 0 Å². The summed E-state index contributed by atoms with van der Waals surface area (Å²) in [4.78, 5) is 2.29. The average molecular weight is 384 g/mol. The Morgan fingerprint density at radius 2 is 1.58 bits per heavy atom. The Kier molecular flexibility index (Phi) is 13.4. The number of rotatable bonds is 14. The standard InChI is InChI=1S/C24H49NS/c1-20(2)24(16-18-26-19-17-25(5)6)15-12-21(3)8-7-9-23-13-10-22(4)11-14-23/h20-24H,7-19H2,1-6H3. The number of nitrogens with zero attached hydrogens (tertiary/aromatic N) is 1. The fourth-order valence-corrected chi connectivity index (χ4v) is 5.58. The van der Waals surface area contributed by atoms with Gasteiger partial charge in [0.2, 0.25) is 0 Å². The molecule has 0 saturated heterocycles. The molecule has 26 heavy (non-hydrogen) atoms. The van der Waals surface area contributed by atoms with Crippen LogP contribution in [0.5, 0.6) is 0 Å². The highest BCUT2D eigenvalue weighted by molar-refractivity contribution is 7.99. The second kappa shape index (κ2) is 14.3. The normalized spacial score (nSPS) is 23.5. The first kappa shape index (κ1) is 24.3. The molecule has 1 saturated carbocycles. The predicted molar refractivity (Wildman–Crippen MR) is 122 cm³/mol. The van der Waals surface area contributed by atoms with Crippen molar-refractivity contribution in [2.45, 2.75) is 91.9 Å². The maximum atomic E-state index is 2.51. The highest BCUT2D eigenvalue weighted by Crippen LogP contribution is 2.32. The molecule has 2 atom stereocenters. The van der Waals surface area contributed by atoms with Crippen molar-refractivity contribution in [3.63, 3.8) is 0 Å². The van der Waals surface area contributed by atoms with Crippen molar-refractivity contribution in [2.24, 2.45) is 29.6 Å². The molecule has 2 unspecified atom stereocenters. The molecular formula is C24H49NS. The van der Waals surface area contributed by atoms with Crippen LogP contribution in [-0.4, -0.2) is 37.0 Å². The van der Waals surface area contributed by atoms with Crippen molar-refractivity contribution in [1.29, 1.82) is 0 Å². The van der Waals surface area contributed by atoms with E-state index in [-0.39, 0.29) is 0 Å². The van der Waals surface area contributed by atoms with Crippen LogP contribution < -0.4 is 0 Å². The summed E-state index contributed by atoms with van der Waals surface area (Å²) in [5, 5.41) is 0. The van der Waals surface area contributed by atoms with E-state index in [4.69, 9.17) is 0 Å². The molecule has 0 N–H and O–H groups in total. The summed E-state index contributed by atoms with van der Waals surface area (Å²) < 4.78 is 0. The van der Waals surface area contributed by atoms with Crippen molar-refractivity contribution in [1.82, 2.24) is 4.90 Å². The first-order valence-electron chi connectivity index (χ1n) is 11.6. The van der Waals surface area contributed by atoms with Crippen LogP contribution in [-0.2, 0) is 0 Å². The van der Waals surface area contributed by atoms with Gasteiger partial charge in [0.15, 0.2) is 0 Å². The van der Waals surface area contributed by atoms with Gasteiger partial charge in [0.25, 0.3) is 0 Å². The van der Waals surface area contributed by atoms with Gasteiger partial charge in [0.05, 0.1) is 0 Å². The summed E-state index contributed by atoms with van der Waals surface area (Å²) in [7, 11) is 4.35. The molecule has 1 aliphatic rings. The lowest BCUT2D eigenvalue weighted by molar-refractivity contribution is 0.262. The molecule has 1 aliphatic carbocycles. The second-order valence-corrected chi connectivity index (χ2v) is 11.2. The average Bonchev–Trinajstić information content (AvgIpc) is 2.58. The van der Waals surface area contributed by atoms with Crippen molar-refractivity contribution in [3.8, 4) is 0 Å². The Balaban J connectivity index is 2.10. The van der Waals surface area contributed by atoms with E-state index in [1.807, 2.05) is 0 Å². The molecule has 0 heterocycles. The third-order valence-electron chi connectivity index (χ3n) is 6.73. The van der Waals surface area contributed by atoms with Gasteiger partial charge in [-0.3, -0.25) is 0 Å². The van der Waals surface area contributed by atoms with E-state index in [0.29, 0.717) is 0 Å². The molecule has 0 spiro atoms. The van der Waals surface area contributed by atoms with E-state index >= 15 is 0 Å². The summed E-state index contributed by atoms with van der Waals surface area (Å²) in [6.07, 6.45) is 14.8. The lowest BCUT2D eigenvalue weighted by Crippen LogP contribution is -2.16. The highest BCUT2D eigenvalue weighted by Gasteiger charge is 2.18. The van der Waals surface area contributed by atoms with Crippen LogP contribution in [0, 0.1) is 29.6 Å². The molecule has 0 aliphatic heterocycles. The third kappa shape index (κ3) is 11.9. The minimum atomic E-state index is 0.848. The van der Waals surface area contributed by atoms with Crippen molar-refractivity contribution >= 4 is 11.8 Å². The van der Waals surface area contributed by atoms with Gasteiger partial charge in [-0.1, -0.05) is 79.1 Å². The van der Waals surface area contributed by atoms with Crippen molar-refractivity contribution in [3.05, 3.63) is 0 Å². The minimum absolute atomic E-state index is 0.848. The van der Waals surface area contributed by atoms with Crippen LogP contribution in [0.25, 0.3) is 0 Å². The molecule has 0 aromatic heterocycles. The van der Waals surface area contributed by atoms with Gasteiger partial charge in [0, 0.05) is 12.3 Å². The van der Waals surface area contributed by atoms with Gasteiger partial charge in [-0.25, -0.2) is 0 Å². The molecule has 0 radical (unpaired) electrons. The quantitative estimate of drug-likeness (QED) is 0.288. The van der Waals surface area contributed by atoms with Crippen molar-refractivity contribution < 1.29 is 0 Å². The fourth-order valence-electron chi connectivity index (χ4n) is 4.41. The number of hydrogen-bond donors (Lipinski definition) is 0. The molecule has 0 amide bonds. The molecule has 156 valence electrons. The van der Waals surface area contributed by atoms with Gasteiger partial charge in [-0.15, -0.1) is 0 Å². The lowest BCUT2D eigenvalue weighted by Gasteiger charge is -2.26. The Bertz CT molecular complexity index is 320. The number of hydrogen-bond acceptors (Lipinski definition) is 2. The maximum Gasteiger partial charge on any atom is 0.00662 e. The SMILES string of the molecule is CC1CCC(CCCC(C)CCC(CCSCCN(C)C)C(C)C)CC1. The van der Waals surface area contributed by atoms with Gasteiger partial charge >= 0.3 is 0 Å². The number of thioether (sulfide) groups is 1. The van der Waals surface area contributed by atoms with Crippen LogP contribution >= 0.6 is 11.8 Å². The van der Waals surface area contributed by atoms with E-state index in [1.54, 1.807) is 0 Å². The van der Waals surface area contributed by atoms with E-state index < -0.39 is 0 Å². The van der Waals surface area contributed by atoms with Crippen LogP contribution in [0.4, 0.5) is 0 Å². The first-order valence-corrected chi connectivity index (χ1v) is 12.8. The lowest BCUT2D eigenvalue weighted by atomic mass is 9.80. The molecule has 1 fully saturated rings. The zero-order valence-electron chi connectivity index (χ0n) is 18.9. The Morgan fingerprint density at radius 3 is 2.19 bits per heavy atom. The highest BCUT2D eigenvalue weighted by atomic mass is 32.2. The Labute approximate surface area is 170 Å². The Hall–Kier alpha value is 0.310. The van der Waals surface area contributed by atoms with Crippen LogP contribution in [0.3, 0.4) is 0 Å². The van der Waals surface area contributed by atoms with E-state index in [0.717, 1.165) is 29.6 Å². The predicted octanol–water partition coefficient (Wildman–Crippen LogP) is 7.36. The van der Waals surface area contributed by atoms with Crippen LogP contribution in [0.2, 0.25) is 0 Å². The fraction of sp³-hybridized carbons (Fsp3) is 1.00. The van der Waals surface area contributed by atoms with Gasteiger partial charge in [-0.2, -0.15) is 11.8 Å². The van der Waals surface area contributed by atoms with E-state index in [2.05, 4.69) is 58.5 Å². The molecular weight excluding hydrogens is 334 g/mol. The second-order valence-electron chi connectivity index (χ2n) is 9.95. The molecule has 1 nitrogen and oxygen atoms in total. The summed E-state index contributed by atoms with van der Waals surface area (Å²) in [6, 6.07) is 0. The summed E-state index contributed by atoms with van der Waals surface area (Å²) in [6.45, 7) is 11.0. The summed E-state index contributed by atoms with van der Waals surface area (Å²) >= 11 is 2.15. The molecule has 0 aromatic carbocycles. The van der Waals surface area contributed by atoms with Gasteiger partial charge in [-0.05, 0) is 62.3 Å². The van der Waals surface area contributed by atoms with Crippen LogP contribution in [0.15, 0.2) is 0 Å². The minimum Gasteiger partial charge on any atom is -0.309 e. The maximum absolute atomic E-state index is 2.51. The summed E-state index contributed by atoms with van der Waals surface area (Å²) in [5.41, 5.74) is 0. The summed E-state index contributed by atoms with van der Waals surface area (Å²) in [5.74, 6) is 7.41. The molecule has 1 rings (SSSR count). The smallest absolute Gasteiger partial charge is 0.00662 e. The van der Waals surface area contributed by atoms with Crippen LogP contribution in [0.1, 0.15) is 91.9 Å². The van der Waals surface area contributed by atoms with E-state index in [1.165, 1.54) is 82.3 Å². The first-order chi connectivity index (χ1) is 12.4. The zero-order valence-corrected chi connectivity index (χ0v) is 19.8. The van der Waals surface area contributed by atoms with Crippen molar-refractivity contribution in [2.75, 3.05) is 32.1 Å².